The fourth-order valence-electron chi connectivity index (χ4n) is 2.29. The second kappa shape index (κ2) is 5.00. The Kier molecular flexibility index (Phi) is 3.76. The Labute approximate surface area is 107 Å². The molecule has 0 bridgehead atoms. The molecule has 0 aliphatic carbocycles. The average Bonchev–Trinajstić information content (AvgIpc) is 2.77. The van der Waals surface area contributed by atoms with E-state index in [4.69, 9.17) is 5.73 Å². The van der Waals surface area contributed by atoms with E-state index in [1.54, 1.807) is 0 Å². The monoisotopic (exact) mass is 280 g/mol. The van der Waals surface area contributed by atoms with Crippen LogP contribution in [0.1, 0.15) is 24.8 Å². The van der Waals surface area contributed by atoms with Crippen LogP contribution in [0.4, 0.5) is 18.3 Å². The second-order valence-corrected chi connectivity index (χ2v) is 5.46. The Morgan fingerprint density at radius 2 is 2.17 bits per heavy atom. The zero-order valence-electron chi connectivity index (χ0n) is 9.94. The van der Waals surface area contributed by atoms with Crippen molar-refractivity contribution in [2.75, 3.05) is 18.0 Å². The number of rotatable bonds is 2. The molecule has 2 rings (SSSR count). The number of aromatic nitrogens is 2. The third-order valence-electron chi connectivity index (χ3n) is 3.26. The van der Waals surface area contributed by atoms with Crippen LogP contribution in [-0.4, -0.2) is 29.3 Å². The number of piperidine rings is 1. The van der Waals surface area contributed by atoms with Gasteiger partial charge in [-0.2, -0.15) is 13.2 Å². The third kappa shape index (κ3) is 2.59. The molecule has 1 aromatic rings. The van der Waals surface area contributed by atoms with Gasteiger partial charge in [0.2, 0.25) is 10.1 Å². The van der Waals surface area contributed by atoms with Crippen molar-refractivity contribution in [2.45, 2.75) is 32.0 Å². The minimum atomic E-state index is -4.42. The zero-order chi connectivity index (χ0) is 13.3. The highest BCUT2D eigenvalue weighted by atomic mass is 32.1. The van der Waals surface area contributed by atoms with Crippen LogP contribution in [0.15, 0.2) is 0 Å². The SMILES string of the molecule is CC1CCCN(c2nnc(C(F)(F)F)s2)C1CN. The maximum atomic E-state index is 12.5. The normalized spacial score (nSPS) is 25.5. The third-order valence-corrected chi connectivity index (χ3v) is 4.26. The molecule has 0 spiro atoms. The first-order valence-corrected chi connectivity index (χ1v) is 6.62. The fourth-order valence-corrected chi connectivity index (χ4v) is 3.09. The lowest BCUT2D eigenvalue weighted by Crippen LogP contribution is -2.48. The summed E-state index contributed by atoms with van der Waals surface area (Å²) in [6.45, 7) is 3.18. The molecule has 1 aliphatic heterocycles. The summed E-state index contributed by atoms with van der Waals surface area (Å²) < 4.78 is 37.5. The summed E-state index contributed by atoms with van der Waals surface area (Å²) in [5.74, 6) is 0.363. The Morgan fingerprint density at radius 1 is 1.44 bits per heavy atom. The van der Waals surface area contributed by atoms with Crippen LogP contribution >= 0.6 is 11.3 Å². The molecule has 18 heavy (non-hydrogen) atoms. The summed E-state index contributed by atoms with van der Waals surface area (Å²) in [6.07, 6.45) is -2.43. The minimum Gasteiger partial charge on any atom is -0.342 e. The van der Waals surface area contributed by atoms with Gasteiger partial charge in [-0.05, 0) is 18.8 Å². The molecule has 1 aromatic heterocycles. The van der Waals surface area contributed by atoms with Crippen molar-refractivity contribution in [3.63, 3.8) is 0 Å². The maximum absolute atomic E-state index is 12.5. The minimum absolute atomic E-state index is 0.0489. The summed E-state index contributed by atoms with van der Waals surface area (Å²) in [5.41, 5.74) is 5.71. The van der Waals surface area contributed by atoms with E-state index in [1.807, 2.05) is 4.90 Å². The highest BCUT2D eigenvalue weighted by Crippen LogP contribution is 2.36. The molecule has 8 heteroatoms. The lowest BCUT2D eigenvalue weighted by Gasteiger charge is -2.39. The first-order valence-electron chi connectivity index (χ1n) is 5.81. The molecule has 0 radical (unpaired) electrons. The van der Waals surface area contributed by atoms with Crippen LogP contribution in [0, 0.1) is 5.92 Å². The van der Waals surface area contributed by atoms with Crippen molar-refractivity contribution in [3.8, 4) is 0 Å². The molecule has 1 saturated heterocycles. The lowest BCUT2D eigenvalue weighted by atomic mass is 9.91. The maximum Gasteiger partial charge on any atom is 0.445 e. The zero-order valence-corrected chi connectivity index (χ0v) is 10.8. The molecule has 2 N–H and O–H groups in total. The lowest BCUT2D eigenvalue weighted by molar-refractivity contribution is -0.138. The van der Waals surface area contributed by atoms with Crippen molar-refractivity contribution in [3.05, 3.63) is 5.01 Å². The van der Waals surface area contributed by atoms with Gasteiger partial charge in [0.05, 0.1) is 0 Å². The van der Waals surface area contributed by atoms with Crippen LogP contribution in [0.25, 0.3) is 0 Å². The molecule has 4 nitrogen and oxygen atoms in total. The standard InChI is InChI=1S/C10H15F3N4S/c1-6-3-2-4-17(7(6)5-14)9-16-15-8(18-9)10(11,12)13/h6-7H,2-5,14H2,1H3. The quantitative estimate of drug-likeness (QED) is 0.901. The van der Waals surface area contributed by atoms with E-state index < -0.39 is 11.2 Å². The first kappa shape index (κ1) is 13.5. The van der Waals surface area contributed by atoms with Gasteiger partial charge in [0.15, 0.2) is 0 Å². The van der Waals surface area contributed by atoms with Gasteiger partial charge >= 0.3 is 6.18 Å². The number of anilines is 1. The fraction of sp³-hybridized carbons (Fsp3) is 0.800. The summed E-state index contributed by atoms with van der Waals surface area (Å²) in [4.78, 5) is 1.86. The number of nitrogens with zero attached hydrogens (tertiary/aromatic N) is 3. The number of nitrogens with two attached hydrogens (primary N) is 1. The smallest absolute Gasteiger partial charge is 0.342 e. The average molecular weight is 280 g/mol. The van der Waals surface area contributed by atoms with Gasteiger partial charge in [-0.3, -0.25) is 0 Å². The molecule has 1 fully saturated rings. The van der Waals surface area contributed by atoms with Gasteiger partial charge in [0.1, 0.15) is 0 Å². The molecule has 1 aliphatic rings. The van der Waals surface area contributed by atoms with E-state index in [1.165, 1.54) is 0 Å². The van der Waals surface area contributed by atoms with Gasteiger partial charge in [0.25, 0.3) is 0 Å². The number of hydrogen-bond acceptors (Lipinski definition) is 5. The van der Waals surface area contributed by atoms with E-state index in [0.717, 1.165) is 12.8 Å². The summed E-state index contributed by atoms with van der Waals surface area (Å²) >= 11 is 0.591. The number of hydrogen-bond donors (Lipinski definition) is 1. The van der Waals surface area contributed by atoms with Gasteiger partial charge < -0.3 is 10.6 Å². The molecule has 0 saturated carbocycles. The number of halogens is 3. The molecule has 0 aromatic carbocycles. The Balaban J connectivity index is 2.22. The van der Waals surface area contributed by atoms with Crippen LogP contribution in [-0.2, 0) is 6.18 Å². The predicted molar refractivity (Wildman–Crippen MR) is 63.5 cm³/mol. The van der Waals surface area contributed by atoms with E-state index in [-0.39, 0.29) is 6.04 Å². The summed E-state index contributed by atoms with van der Waals surface area (Å²) in [6, 6.07) is 0.0489. The highest BCUT2D eigenvalue weighted by Gasteiger charge is 2.37. The van der Waals surface area contributed by atoms with Gasteiger partial charge in [-0.25, -0.2) is 0 Å². The van der Waals surface area contributed by atoms with Crippen LogP contribution in [0.3, 0.4) is 0 Å². The molecule has 2 unspecified atom stereocenters. The van der Waals surface area contributed by atoms with Crippen LogP contribution in [0.2, 0.25) is 0 Å². The van der Waals surface area contributed by atoms with E-state index in [2.05, 4.69) is 17.1 Å². The van der Waals surface area contributed by atoms with E-state index in [0.29, 0.717) is 35.5 Å². The first-order chi connectivity index (χ1) is 8.43. The Bertz CT molecular complexity index is 406. The van der Waals surface area contributed by atoms with Crippen molar-refractivity contribution in [1.82, 2.24) is 10.2 Å². The van der Waals surface area contributed by atoms with Crippen molar-refractivity contribution in [2.24, 2.45) is 11.7 Å². The Morgan fingerprint density at radius 3 is 2.72 bits per heavy atom. The van der Waals surface area contributed by atoms with Gasteiger partial charge in [-0.15, -0.1) is 10.2 Å². The van der Waals surface area contributed by atoms with Gasteiger partial charge in [0, 0.05) is 19.1 Å². The summed E-state index contributed by atoms with van der Waals surface area (Å²) in [5, 5.41) is 6.30. The topological polar surface area (TPSA) is 55.0 Å². The van der Waals surface area contributed by atoms with Crippen molar-refractivity contribution >= 4 is 16.5 Å². The van der Waals surface area contributed by atoms with Crippen LogP contribution in [0.5, 0.6) is 0 Å². The Hall–Kier alpha value is -0.890. The van der Waals surface area contributed by atoms with Crippen LogP contribution < -0.4 is 10.6 Å². The second-order valence-electron chi connectivity index (χ2n) is 4.50. The molecular formula is C10H15F3N4S. The molecule has 2 atom stereocenters. The van der Waals surface area contributed by atoms with Crippen molar-refractivity contribution < 1.29 is 13.2 Å². The molecular weight excluding hydrogens is 265 g/mol. The highest BCUT2D eigenvalue weighted by molar-refractivity contribution is 7.15. The molecule has 0 amide bonds. The predicted octanol–water partition coefficient (Wildman–Crippen LogP) is 2.12. The number of alkyl halides is 3. The molecule has 102 valence electrons. The summed E-state index contributed by atoms with van der Waals surface area (Å²) in [7, 11) is 0. The molecule has 2 heterocycles. The largest absolute Gasteiger partial charge is 0.445 e. The van der Waals surface area contributed by atoms with E-state index in [9.17, 15) is 13.2 Å². The van der Waals surface area contributed by atoms with Crippen molar-refractivity contribution in [1.29, 1.82) is 0 Å². The van der Waals surface area contributed by atoms with E-state index >= 15 is 0 Å². The van der Waals surface area contributed by atoms with Gasteiger partial charge in [-0.1, -0.05) is 18.3 Å².